The average molecular weight is 314 g/mol. The molecule has 0 bridgehead atoms. The molecule has 1 heterocycles. The molecule has 23 heavy (non-hydrogen) atoms. The molecular weight excluding hydrogens is 296 g/mol. The van der Waals surface area contributed by atoms with Gasteiger partial charge < -0.3 is 20.9 Å². The summed E-state index contributed by atoms with van der Waals surface area (Å²) in [6.45, 7) is 7.88. The number of rotatable bonds is 8. The molecule has 0 aliphatic rings. The molecule has 0 saturated carbocycles. The summed E-state index contributed by atoms with van der Waals surface area (Å²) in [5, 5.41) is 14.5. The summed E-state index contributed by atoms with van der Waals surface area (Å²) in [6.07, 6.45) is 3.26. The lowest BCUT2D eigenvalue weighted by Gasteiger charge is -2.11. The molecule has 0 aliphatic heterocycles. The number of aromatic nitrogens is 2. The van der Waals surface area contributed by atoms with Gasteiger partial charge in [-0.3, -0.25) is 5.10 Å². The fraction of sp³-hybridized carbons (Fsp3) is 0.133. The number of nitrogen functional groups attached to an aromatic ring is 2. The molecule has 0 fully saturated rings. The van der Waals surface area contributed by atoms with Crippen molar-refractivity contribution >= 4 is 23.0 Å². The quantitative estimate of drug-likeness (QED) is 0.510. The van der Waals surface area contributed by atoms with Crippen LogP contribution in [-0.2, 0) is 0 Å². The van der Waals surface area contributed by atoms with Gasteiger partial charge in [-0.15, -0.1) is 10.2 Å². The molecule has 0 amide bonds. The van der Waals surface area contributed by atoms with Crippen LogP contribution in [0.2, 0.25) is 0 Å². The lowest BCUT2D eigenvalue weighted by molar-refractivity contribution is 0.347. The summed E-state index contributed by atoms with van der Waals surface area (Å²) in [4.78, 5) is 0. The van der Waals surface area contributed by atoms with Crippen LogP contribution >= 0.6 is 0 Å². The number of H-pyrrole nitrogens is 1. The van der Waals surface area contributed by atoms with Crippen molar-refractivity contribution in [3.8, 4) is 11.5 Å². The zero-order valence-corrected chi connectivity index (χ0v) is 12.5. The minimum absolute atomic E-state index is 0.157. The van der Waals surface area contributed by atoms with Crippen molar-refractivity contribution in [1.29, 1.82) is 0 Å². The summed E-state index contributed by atoms with van der Waals surface area (Å²) in [6, 6.07) is 5.29. The molecule has 0 spiro atoms. The van der Waals surface area contributed by atoms with Crippen LogP contribution in [0.5, 0.6) is 11.5 Å². The monoisotopic (exact) mass is 314 g/mol. The topological polar surface area (TPSA) is 124 Å². The Hall–Kier alpha value is -3.29. The molecule has 0 radical (unpaired) electrons. The second-order valence-electron chi connectivity index (χ2n) is 4.37. The van der Waals surface area contributed by atoms with Gasteiger partial charge in [0.15, 0.2) is 28.7 Å². The first-order valence-corrected chi connectivity index (χ1v) is 6.78. The predicted octanol–water partition coefficient (Wildman–Crippen LogP) is 3.12. The van der Waals surface area contributed by atoms with Gasteiger partial charge in [-0.25, -0.2) is 0 Å². The number of nitrogens with zero attached hydrogens (tertiary/aromatic N) is 3. The van der Waals surface area contributed by atoms with Crippen molar-refractivity contribution in [3.63, 3.8) is 0 Å². The van der Waals surface area contributed by atoms with E-state index in [4.69, 9.17) is 20.9 Å². The maximum atomic E-state index is 5.70. The number of benzene rings is 1. The van der Waals surface area contributed by atoms with E-state index in [0.717, 1.165) is 0 Å². The van der Waals surface area contributed by atoms with Gasteiger partial charge in [0.1, 0.15) is 19.0 Å². The highest BCUT2D eigenvalue weighted by atomic mass is 16.5. The fourth-order valence-electron chi connectivity index (χ4n) is 1.70. The van der Waals surface area contributed by atoms with Gasteiger partial charge in [0.05, 0.1) is 0 Å². The van der Waals surface area contributed by atoms with Crippen molar-refractivity contribution in [1.82, 2.24) is 10.2 Å². The molecule has 2 rings (SSSR count). The van der Waals surface area contributed by atoms with Crippen molar-refractivity contribution in [2.24, 2.45) is 10.2 Å². The van der Waals surface area contributed by atoms with Crippen LogP contribution in [0.25, 0.3) is 0 Å². The molecule has 0 aliphatic carbocycles. The first-order chi connectivity index (χ1) is 11.2. The van der Waals surface area contributed by atoms with Crippen molar-refractivity contribution in [2.75, 3.05) is 24.7 Å². The Balaban J connectivity index is 2.39. The zero-order valence-electron chi connectivity index (χ0n) is 12.5. The molecule has 1 aromatic heterocycles. The minimum Gasteiger partial charge on any atom is -0.487 e. The maximum absolute atomic E-state index is 5.70. The van der Waals surface area contributed by atoms with Crippen molar-refractivity contribution in [3.05, 3.63) is 43.5 Å². The van der Waals surface area contributed by atoms with E-state index in [0.29, 0.717) is 30.4 Å². The number of nitrogens with one attached hydrogen (secondary N) is 1. The molecule has 0 unspecified atom stereocenters. The van der Waals surface area contributed by atoms with Crippen LogP contribution in [-0.4, -0.2) is 23.4 Å². The summed E-state index contributed by atoms with van der Waals surface area (Å²) in [7, 11) is 0. The molecule has 2 aromatic rings. The number of nitrogens with two attached hydrogens (primary N) is 2. The van der Waals surface area contributed by atoms with E-state index in [2.05, 4.69) is 33.6 Å². The van der Waals surface area contributed by atoms with Gasteiger partial charge in [0.2, 0.25) is 0 Å². The van der Waals surface area contributed by atoms with E-state index < -0.39 is 0 Å². The predicted molar refractivity (Wildman–Crippen MR) is 89.4 cm³/mol. The van der Waals surface area contributed by atoms with E-state index in [1.165, 1.54) is 0 Å². The van der Waals surface area contributed by atoms with Gasteiger partial charge in [-0.05, 0) is 12.1 Å². The van der Waals surface area contributed by atoms with Gasteiger partial charge in [0.25, 0.3) is 0 Å². The van der Waals surface area contributed by atoms with Gasteiger partial charge >= 0.3 is 0 Å². The maximum Gasteiger partial charge on any atom is 0.175 e. The number of hydrogen-bond acceptors (Lipinski definition) is 7. The van der Waals surface area contributed by atoms with E-state index in [9.17, 15) is 0 Å². The van der Waals surface area contributed by atoms with E-state index in [1.807, 2.05) is 0 Å². The lowest BCUT2D eigenvalue weighted by Crippen LogP contribution is -1.97. The zero-order chi connectivity index (χ0) is 16.7. The molecule has 1 aromatic carbocycles. The normalized spacial score (nSPS) is 10.6. The Labute approximate surface area is 133 Å². The summed E-state index contributed by atoms with van der Waals surface area (Å²) in [5.41, 5.74) is 12.1. The lowest BCUT2D eigenvalue weighted by atomic mass is 10.2. The number of ether oxygens (including phenoxy) is 2. The summed E-state index contributed by atoms with van der Waals surface area (Å²) in [5.74, 6) is 1.38. The molecule has 0 atom stereocenters. The first kappa shape index (κ1) is 16.1. The number of hydrogen-bond donors (Lipinski definition) is 3. The number of aromatic amines is 1. The van der Waals surface area contributed by atoms with Gasteiger partial charge in [-0.1, -0.05) is 31.4 Å². The van der Waals surface area contributed by atoms with E-state index in [1.54, 1.807) is 30.4 Å². The van der Waals surface area contributed by atoms with Crippen LogP contribution < -0.4 is 20.9 Å². The molecule has 5 N–H and O–H groups in total. The molecule has 8 nitrogen and oxygen atoms in total. The number of azo groups is 1. The highest BCUT2D eigenvalue weighted by Crippen LogP contribution is 2.39. The van der Waals surface area contributed by atoms with Crippen LogP contribution in [0.4, 0.5) is 23.0 Å². The minimum atomic E-state index is 0.157. The Morgan fingerprint density at radius 3 is 2.09 bits per heavy atom. The van der Waals surface area contributed by atoms with Crippen molar-refractivity contribution in [2.45, 2.75) is 0 Å². The SMILES string of the molecule is C=CCOc1cccc(OCC=C)c1N=Nc1c(N)n[nH]c1N. The summed E-state index contributed by atoms with van der Waals surface area (Å²) >= 11 is 0. The average Bonchev–Trinajstić information content (AvgIpc) is 2.88. The third-order valence-corrected chi connectivity index (χ3v) is 2.72. The molecule has 8 heteroatoms. The Bertz CT molecular complexity index is 673. The number of anilines is 2. The second kappa shape index (κ2) is 7.64. The Kier molecular flexibility index (Phi) is 5.35. The Morgan fingerprint density at radius 1 is 1.04 bits per heavy atom. The van der Waals surface area contributed by atoms with E-state index >= 15 is 0 Å². The Morgan fingerprint density at radius 2 is 1.61 bits per heavy atom. The standard InChI is InChI=1S/C15H18N6O2/c1-3-8-22-10-6-5-7-11(23-9-4-2)12(10)18-19-13-14(16)20-21-15(13)17/h3-7H,1-2,8-9H2,(H5,16,17,20,21). The van der Waals surface area contributed by atoms with Crippen LogP contribution in [0.1, 0.15) is 0 Å². The second-order valence-corrected chi connectivity index (χ2v) is 4.37. The third-order valence-electron chi connectivity index (χ3n) is 2.72. The smallest absolute Gasteiger partial charge is 0.175 e. The van der Waals surface area contributed by atoms with Crippen molar-refractivity contribution < 1.29 is 9.47 Å². The first-order valence-electron chi connectivity index (χ1n) is 6.78. The largest absolute Gasteiger partial charge is 0.487 e. The summed E-state index contributed by atoms with van der Waals surface area (Å²) < 4.78 is 11.1. The third kappa shape index (κ3) is 3.88. The highest BCUT2D eigenvalue weighted by molar-refractivity contribution is 5.71. The van der Waals surface area contributed by atoms with Crippen LogP contribution in [0, 0.1) is 0 Å². The fourth-order valence-corrected chi connectivity index (χ4v) is 1.70. The van der Waals surface area contributed by atoms with Crippen LogP contribution in [0.3, 0.4) is 0 Å². The molecule has 120 valence electrons. The van der Waals surface area contributed by atoms with E-state index in [-0.39, 0.29) is 17.3 Å². The highest BCUT2D eigenvalue weighted by Gasteiger charge is 2.12. The molecular formula is C15H18N6O2. The van der Waals surface area contributed by atoms with Gasteiger partial charge in [-0.2, -0.15) is 5.10 Å². The van der Waals surface area contributed by atoms with Gasteiger partial charge in [0, 0.05) is 0 Å². The molecule has 0 saturated heterocycles. The van der Waals surface area contributed by atoms with Crippen LogP contribution in [0.15, 0.2) is 53.7 Å².